The first-order chi connectivity index (χ1) is 16.7. The van der Waals surface area contributed by atoms with Gasteiger partial charge in [-0.05, 0) is 53.8 Å². The van der Waals surface area contributed by atoms with Crippen LogP contribution in [-0.2, 0) is 22.9 Å². The molecule has 3 aromatic rings. The van der Waals surface area contributed by atoms with Crippen LogP contribution in [0, 0.1) is 0 Å². The van der Waals surface area contributed by atoms with E-state index in [1.54, 1.807) is 6.07 Å². The Morgan fingerprint density at radius 3 is 2.43 bits per heavy atom. The molecule has 0 saturated carbocycles. The number of sulfonamides is 1. The first-order valence-corrected chi connectivity index (χ1v) is 13.2. The molecule has 188 valence electrons. The average molecular weight is 501 g/mol. The number of aliphatic hydroxyl groups excluding tert-OH is 2. The summed E-state index contributed by atoms with van der Waals surface area (Å²) in [7, 11) is -3.55. The number of hydrogen-bond acceptors (Lipinski definition) is 7. The Hall–Kier alpha value is -3.11. The lowest BCUT2D eigenvalue weighted by Gasteiger charge is -2.22. The second-order valence-corrected chi connectivity index (χ2v) is 10.1. The fourth-order valence-electron chi connectivity index (χ4n) is 3.76. The highest BCUT2D eigenvalue weighted by molar-refractivity contribution is 7.92. The van der Waals surface area contributed by atoms with E-state index in [1.165, 1.54) is 12.1 Å². The predicted octanol–water partition coefficient (Wildman–Crippen LogP) is 2.61. The summed E-state index contributed by atoms with van der Waals surface area (Å²) in [5, 5.41) is 33.1. The molecule has 1 unspecified atom stereocenters. The molecular weight excluding hydrogens is 468 g/mol. The minimum absolute atomic E-state index is 0.0687. The van der Waals surface area contributed by atoms with Crippen LogP contribution in [0.1, 0.15) is 22.7 Å². The molecule has 0 fully saturated rings. The van der Waals surface area contributed by atoms with Crippen molar-refractivity contribution in [2.45, 2.75) is 25.0 Å². The molecule has 0 bridgehead atoms. The lowest BCUT2D eigenvalue weighted by atomic mass is 9.98. The zero-order valence-electron chi connectivity index (χ0n) is 19.6. The molecule has 8 nitrogen and oxygen atoms in total. The zero-order chi connectivity index (χ0) is 25.3. The Morgan fingerprint density at radius 2 is 1.71 bits per heavy atom. The molecule has 0 aromatic heterocycles. The minimum Gasteiger partial charge on any atom is -0.506 e. The number of phenols is 1. The van der Waals surface area contributed by atoms with E-state index >= 15 is 0 Å². The molecule has 0 aliphatic carbocycles. The topological polar surface area (TPSA) is 128 Å². The molecule has 0 amide bonds. The maximum Gasteiger partial charge on any atom is 0.229 e. The number of aliphatic hydroxyl groups is 2. The third-order valence-corrected chi connectivity index (χ3v) is 5.92. The van der Waals surface area contributed by atoms with Crippen LogP contribution in [0.2, 0.25) is 0 Å². The lowest BCUT2D eigenvalue weighted by Crippen LogP contribution is -2.32. The molecule has 0 spiro atoms. The van der Waals surface area contributed by atoms with Gasteiger partial charge in [-0.15, -0.1) is 0 Å². The second kappa shape index (κ2) is 12.6. The van der Waals surface area contributed by atoms with Gasteiger partial charge in [-0.2, -0.15) is 0 Å². The van der Waals surface area contributed by atoms with E-state index in [-0.39, 0.29) is 43.7 Å². The number of phenolic OH excluding ortho intramolecular Hbond substituents is 1. The van der Waals surface area contributed by atoms with E-state index in [0.717, 1.165) is 17.4 Å². The van der Waals surface area contributed by atoms with E-state index < -0.39 is 16.1 Å². The van der Waals surface area contributed by atoms with Crippen LogP contribution in [0.15, 0.2) is 72.8 Å². The van der Waals surface area contributed by atoms with Crippen LogP contribution in [0.3, 0.4) is 0 Å². The maximum atomic E-state index is 11.5. The fraction of sp³-hybridized carbons (Fsp3) is 0.308. The second-order valence-electron chi connectivity index (χ2n) is 8.38. The Kier molecular flexibility index (Phi) is 9.50. The predicted molar refractivity (Wildman–Crippen MR) is 136 cm³/mol. The SMILES string of the molecule is CS(=O)(=O)Nc1cc(C[C@H](O)CNC(Cc2ccccc2)c2cccc(OCCO)c2)ccc1O. The van der Waals surface area contributed by atoms with Crippen molar-refractivity contribution in [3.63, 3.8) is 0 Å². The number of hydrogen-bond donors (Lipinski definition) is 5. The Bertz CT molecular complexity index is 1190. The van der Waals surface area contributed by atoms with E-state index in [1.807, 2.05) is 54.6 Å². The molecule has 2 atom stereocenters. The van der Waals surface area contributed by atoms with Gasteiger partial charge >= 0.3 is 0 Å². The van der Waals surface area contributed by atoms with Crippen LogP contribution in [0.5, 0.6) is 11.5 Å². The molecular formula is C26H32N2O6S. The maximum absolute atomic E-state index is 11.5. The van der Waals surface area contributed by atoms with Crippen molar-refractivity contribution in [2.24, 2.45) is 0 Å². The largest absolute Gasteiger partial charge is 0.506 e. The van der Waals surface area contributed by atoms with Crippen molar-refractivity contribution in [1.29, 1.82) is 0 Å². The Morgan fingerprint density at radius 1 is 0.943 bits per heavy atom. The van der Waals surface area contributed by atoms with Gasteiger partial charge in [-0.3, -0.25) is 4.72 Å². The van der Waals surface area contributed by atoms with E-state index in [2.05, 4.69) is 10.0 Å². The van der Waals surface area contributed by atoms with E-state index in [0.29, 0.717) is 17.7 Å². The average Bonchev–Trinajstić information content (AvgIpc) is 2.82. The summed E-state index contributed by atoms with van der Waals surface area (Å²) in [5.41, 5.74) is 2.88. The highest BCUT2D eigenvalue weighted by atomic mass is 32.2. The molecule has 3 aromatic carbocycles. The highest BCUT2D eigenvalue weighted by Gasteiger charge is 2.16. The van der Waals surface area contributed by atoms with Crippen LogP contribution < -0.4 is 14.8 Å². The number of benzene rings is 3. The van der Waals surface area contributed by atoms with E-state index in [9.17, 15) is 18.6 Å². The van der Waals surface area contributed by atoms with Crippen molar-refractivity contribution in [3.05, 3.63) is 89.5 Å². The van der Waals surface area contributed by atoms with Gasteiger partial charge in [0.1, 0.15) is 18.1 Å². The standard InChI is InChI=1S/C26H32N2O6S/c1-35(32,33)28-25-16-20(10-11-26(25)31)14-22(30)18-27-24(15-19-6-3-2-4-7-19)21-8-5-9-23(17-21)34-13-12-29/h2-11,16-17,22,24,27-31H,12-15,18H2,1H3/t22-,24?/m0/s1. The zero-order valence-corrected chi connectivity index (χ0v) is 20.4. The number of aromatic hydroxyl groups is 1. The monoisotopic (exact) mass is 500 g/mol. The minimum atomic E-state index is -3.55. The molecule has 0 radical (unpaired) electrons. The van der Waals surface area contributed by atoms with Gasteiger partial charge in [0.2, 0.25) is 10.0 Å². The third kappa shape index (κ3) is 8.88. The van der Waals surface area contributed by atoms with Crippen LogP contribution >= 0.6 is 0 Å². The molecule has 0 aliphatic rings. The van der Waals surface area contributed by atoms with Gasteiger partial charge in [0, 0.05) is 12.6 Å². The van der Waals surface area contributed by atoms with Gasteiger partial charge in [0.15, 0.2) is 0 Å². The van der Waals surface area contributed by atoms with Crippen LogP contribution in [0.4, 0.5) is 5.69 Å². The normalized spacial score (nSPS) is 13.2. The first kappa shape index (κ1) is 26.5. The van der Waals surface area contributed by atoms with Crippen molar-refractivity contribution in [1.82, 2.24) is 5.32 Å². The summed E-state index contributed by atoms with van der Waals surface area (Å²) in [6, 6.07) is 22.1. The third-order valence-electron chi connectivity index (χ3n) is 5.33. The lowest BCUT2D eigenvalue weighted by molar-refractivity contribution is 0.167. The quantitative estimate of drug-likeness (QED) is 0.228. The summed E-state index contributed by atoms with van der Waals surface area (Å²) in [4.78, 5) is 0. The first-order valence-electron chi connectivity index (χ1n) is 11.3. The number of anilines is 1. The number of rotatable bonds is 13. The van der Waals surface area contributed by atoms with Crippen molar-refractivity contribution < 1.29 is 28.5 Å². The number of nitrogens with one attached hydrogen (secondary N) is 2. The summed E-state index contributed by atoms with van der Waals surface area (Å²) in [5.74, 6) is 0.477. The molecule has 35 heavy (non-hydrogen) atoms. The van der Waals surface area contributed by atoms with Gasteiger partial charge < -0.3 is 25.4 Å². The smallest absolute Gasteiger partial charge is 0.229 e. The highest BCUT2D eigenvalue weighted by Crippen LogP contribution is 2.26. The van der Waals surface area contributed by atoms with Crippen molar-refractivity contribution >= 4 is 15.7 Å². The summed E-state index contributed by atoms with van der Waals surface area (Å²) in [6.45, 7) is 0.428. The molecule has 0 saturated heterocycles. The fourth-order valence-corrected chi connectivity index (χ4v) is 4.32. The van der Waals surface area contributed by atoms with Gasteiger partial charge in [0.05, 0.1) is 24.7 Å². The van der Waals surface area contributed by atoms with Crippen molar-refractivity contribution in [3.8, 4) is 11.5 Å². The molecule has 0 heterocycles. The van der Waals surface area contributed by atoms with Crippen LogP contribution in [-0.4, -0.2) is 55.9 Å². The van der Waals surface area contributed by atoms with Gasteiger partial charge in [0.25, 0.3) is 0 Å². The van der Waals surface area contributed by atoms with Gasteiger partial charge in [-0.1, -0.05) is 48.5 Å². The van der Waals surface area contributed by atoms with E-state index in [4.69, 9.17) is 9.84 Å². The molecule has 9 heteroatoms. The Labute approximate surface area is 206 Å². The van der Waals surface area contributed by atoms with Gasteiger partial charge in [-0.25, -0.2) is 8.42 Å². The summed E-state index contributed by atoms with van der Waals surface area (Å²) >= 11 is 0. The molecule has 0 aliphatic heterocycles. The Balaban J connectivity index is 1.71. The summed E-state index contributed by atoms with van der Waals surface area (Å²) < 4.78 is 30.9. The molecule has 5 N–H and O–H groups in total. The summed E-state index contributed by atoms with van der Waals surface area (Å²) in [6.07, 6.45) is 1.22. The van der Waals surface area contributed by atoms with Crippen molar-refractivity contribution in [2.75, 3.05) is 30.7 Å². The molecule has 3 rings (SSSR count). The van der Waals surface area contributed by atoms with Crippen LogP contribution in [0.25, 0.3) is 0 Å². The number of ether oxygens (including phenoxy) is 1.